The molecule has 1 saturated heterocycles. The second kappa shape index (κ2) is 3.23. The maximum Gasteiger partial charge on any atom is 0.220 e. The molecule has 3 fully saturated rings. The molecule has 1 aliphatic heterocycles. The Morgan fingerprint density at radius 2 is 2.21 bits per heavy atom. The third kappa shape index (κ3) is 1.65. The summed E-state index contributed by atoms with van der Waals surface area (Å²) in [5, 5.41) is 6.65. The van der Waals surface area contributed by atoms with E-state index >= 15 is 0 Å². The van der Waals surface area contributed by atoms with E-state index in [1.54, 1.807) is 0 Å². The Hall–Kier alpha value is -0.570. The topological polar surface area (TPSA) is 41.1 Å². The third-order valence-electron chi connectivity index (χ3n) is 3.85. The maximum atomic E-state index is 11.6. The molecule has 0 aromatic rings. The SMILES string of the molecule is O=C(CC1CC1)NC1CC2CNC1C2. The van der Waals surface area contributed by atoms with Crippen LogP contribution in [0.15, 0.2) is 0 Å². The summed E-state index contributed by atoms with van der Waals surface area (Å²) < 4.78 is 0. The van der Waals surface area contributed by atoms with Crippen molar-refractivity contribution in [3.8, 4) is 0 Å². The number of piperidine rings is 1. The lowest BCUT2D eigenvalue weighted by Gasteiger charge is -2.23. The first kappa shape index (κ1) is 8.72. The van der Waals surface area contributed by atoms with Crippen LogP contribution in [0.4, 0.5) is 0 Å². The van der Waals surface area contributed by atoms with Gasteiger partial charge in [0.15, 0.2) is 0 Å². The first-order chi connectivity index (χ1) is 6.81. The van der Waals surface area contributed by atoms with Crippen LogP contribution in [-0.2, 0) is 4.79 Å². The predicted molar refractivity (Wildman–Crippen MR) is 53.8 cm³/mol. The first-order valence-corrected chi connectivity index (χ1v) is 5.84. The second-order valence-corrected chi connectivity index (χ2v) is 5.17. The molecule has 3 nitrogen and oxygen atoms in total. The van der Waals surface area contributed by atoms with Gasteiger partial charge in [0.25, 0.3) is 0 Å². The Bertz CT molecular complexity index is 250. The molecule has 14 heavy (non-hydrogen) atoms. The van der Waals surface area contributed by atoms with Crippen LogP contribution in [0, 0.1) is 11.8 Å². The van der Waals surface area contributed by atoms with Crippen molar-refractivity contribution in [1.29, 1.82) is 0 Å². The molecule has 2 aliphatic carbocycles. The van der Waals surface area contributed by atoms with Gasteiger partial charge in [-0.25, -0.2) is 0 Å². The van der Waals surface area contributed by atoms with Gasteiger partial charge in [0, 0.05) is 18.5 Å². The summed E-state index contributed by atoms with van der Waals surface area (Å²) in [6, 6.07) is 1.00. The van der Waals surface area contributed by atoms with Crippen LogP contribution < -0.4 is 10.6 Å². The van der Waals surface area contributed by atoms with Crippen molar-refractivity contribution >= 4 is 5.91 Å². The normalized spacial score (nSPS) is 40.1. The first-order valence-electron chi connectivity index (χ1n) is 5.84. The summed E-state index contributed by atoms with van der Waals surface area (Å²) in [4.78, 5) is 11.6. The molecular weight excluding hydrogens is 176 g/mol. The third-order valence-corrected chi connectivity index (χ3v) is 3.85. The molecular formula is C11H18N2O. The highest BCUT2D eigenvalue weighted by atomic mass is 16.1. The molecule has 0 spiro atoms. The number of carbonyl (C=O) groups excluding carboxylic acids is 1. The average molecular weight is 194 g/mol. The van der Waals surface area contributed by atoms with Crippen LogP contribution in [0.25, 0.3) is 0 Å². The standard InChI is InChI=1S/C11H18N2O/c14-11(5-7-1-2-7)13-10-4-8-3-9(10)12-6-8/h7-10,12H,1-6H2,(H,13,14). The fraction of sp³-hybridized carbons (Fsp3) is 0.909. The number of rotatable bonds is 3. The molecule has 3 heteroatoms. The van der Waals surface area contributed by atoms with Crippen molar-refractivity contribution < 1.29 is 4.79 Å². The monoisotopic (exact) mass is 194 g/mol. The zero-order chi connectivity index (χ0) is 9.54. The van der Waals surface area contributed by atoms with Crippen LogP contribution >= 0.6 is 0 Å². The van der Waals surface area contributed by atoms with Crippen molar-refractivity contribution in [1.82, 2.24) is 10.6 Å². The van der Waals surface area contributed by atoms with E-state index in [1.165, 1.54) is 32.2 Å². The van der Waals surface area contributed by atoms with E-state index < -0.39 is 0 Å². The van der Waals surface area contributed by atoms with Crippen molar-refractivity contribution in [2.75, 3.05) is 6.54 Å². The molecule has 0 radical (unpaired) electrons. The van der Waals surface area contributed by atoms with E-state index in [1.807, 2.05) is 0 Å². The van der Waals surface area contributed by atoms with Crippen LogP contribution in [0.5, 0.6) is 0 Å². The molecule has 2 N–H and O–H groups in total. The minimum Gasteiger partial charge on any atom is -0.352 e. The number of hydrogen-bond donors (Lipinski definition) is 2. The van der Waals surface area contributed by atoms with E-state index in [-0.39, 0.29) is 5.91 Å². The highest BCUT2D eigenvalue weighted by Crippen LogP contribution is 2.34. The molecule has 0 aromatic heterocycles. The largest absolute Gasteiger partial charge is 0.352 e. The van der Waals surface area contributed by atoms with E-state index in [0.29, 0.717) is 18.0 Å². The Labute approximate surface area is 84.6 Å². The van der Waals surface area contributed by atoms with Crippen molar-refractivity contribution in [2.24, 2.45) is 11.8 Å². The lowest BCUT2D eigenvalue weighted by atomic mass is 10.1. The van der Waals surface area contributed by atoms with Crippen LogP contribution in [0.1, 0.15) is 32.1 Å². The van der Waals surface area contributed by atoms with Crippen LogP contribution in [-0.4, -0.2) is 24.5 Å². The van der Waals surface area contributed by atoms with Crippen LogP contribution in [0.2, 0.25) is 0 Å². The van der Waals surface area contributed by atoms with Crippen LogP contribution in [0.3, 0.4) is 0 Å². The van der Waals surface area contributed by atoms with E-state index in [2.05, 4.69) is 10.6 Å². The van der Waals surface area contributed by atoms with Crippen molar-refractivity contribution in [2.45, 2.75) is 44.2 Å². The van der Waals surface area contributed by atoms with Gasteiger partial charge in [-0.1, -0.05) is 0 Å². The quantitative estimate of drug-likeness (QED) is 0.692. The molecule has 3 rings (SSSR count). The summed E-state index contributed by atoms with van der Waals surface area (Å²) in [6.45, 7) is 1.17. The molecule has 78 valence electrons. The minimum absolute atomic E-state index is 0.284. The zero-order valence-electron chi connectivity index (χ0n) is 8.46. The zero-order valence-corrected chi connectivity index (χ0v) is 8.46. The number of amides is 1. The van der Waals surface area contributed by atoms with Gasteiger partial charge in [0.05, 0.1) is 0 Å². The number of carbonyl (C=O) groups is 1. The Kier molecular flexibility index (Phi) is 2.01. The van der Waals surface area contributed by atoms with Gasteiger partial charge < -0.3 is 10.6 Å². The van der Waals surface area contributed by atoms with Gasteiger partial charge >= 0.3 is 0 Å². The Morgan fingerprint density at radius 3 is 2.79 bits per heavy atom. The van der Waals surface area contributed by atoms with Gasteiger partial charge in [-0.05, 0) is 44.1 Å². The van der Waals surface area contributed by atoms with E-state index in [9.17, 15) is 4.79 Å². The highest BCUT2D eigenvalue weighted by Gasteiger charge is 2.40. The maximum absolute atomic E-state index is 11.6. The average Bonchev–Trinajstić information content (AvgIpc) is 2.74. The smallest absolute Gasteiger partial charge is 0.220 e. The van der Waals surface area contributed by atoms with Gasteiger partial charge in [-0.3, -0.25) is 4.79 Å². The summed E-state index contributed by atoms with van der Waals surface area (Å²) >= 11 is 0. The number of fused-ring (bicyclic) bond motifs is 2. The van der Waals surface area contributed by atoms with E-state index in [0.717, 1.165) is 12.3 Å². The predicted octanol–water partition coefficient (Wildman–Crippen LogP) is 0.653. The van der Waals surface area contributed by atoms with Crippen molar-refractivity contribution in [3.05, 3.63) is 0 Å². The summed E-state index contributed by atoms with van der Waals surface area (Å²) in [7, 11) is 0. The summed E-state index contributed by atoms with van der Waals surface area (Å²) in [5.74, 6) is 1.82. The van der Waals surface area contributed by atoms with Gasteiger partial charge in [-0.2, -0.15) is 0 Å². The summed E-state index contributed by atoms with van der Waals surface area (Å²) in [5.41, 5.74) is 0. The lowest BCUT2D eigenvalue weighted by Crippen LogP contribution is -2.47. The Balaban J connectivity index is 1.49. The molecule has 3 atom stereocenters. The van der Waals surface area contributed by atoms with Gasteiger partial charge in [0.1, 0.15) is 0 Å². The molecule has 3 unspecified atom stereocenters. The Morgan fingerprint density at radius 1 is 1.36 bits per heavy atom. The molecule has 1 amide bonds. The van der Waals surface area contributed by atoms with Crippen molar-refractivity contribution in [3.63, 3.8) is 0 Å². The lowest BCUT2D eigenvalue weighted by molar-refractivity contribution is -0.122. The molecule has 2 bridgehead atoms. The molecule has 1 heterocycles. The molecule has 0 aromatic carbocycles. The number of hydrogen-bond acceptors (Lipinski definition) is 2. The molecule has 3 aliphatic rings. The highest BCUT2D eigenvalue weighted by molar-refractivity contribution is 5.77. The molecule has 2 saturated carbocycles. The number of nitrogens with one attached hydrogen (secondary N) is 2. The summed E-state index contributed by atoms with van der Waals surface area (Å²) in [6.07, 6.45) is 5.78. The fourth-order valence-electron chi connectivity index (χ4n) is 2.86. The van der Waals surface area contributed by atoms with Gasteiger partial charge in [0.2, 0.25) is 5.91 Å². The minimum atomic E-state index is 0.284. The second-order valence-electron chi connectivity index (χ2n) is 5.17. The fourth-order valence-corrected chi connectivity index (χ4v) is 2.86. The van der Waals surface area contributed by atoms with Gasteiger partial charge in [-0.15, -0.1) is 0 Å². The van der Waals surface area contributed by atoms with E-state index in [4.69, 9.17) is 0 Å².